The highest BCUT2D eigenvalue weighted by Crippen LogP contribution is 2.36. The van der Waals surface area contributed by atoms with Crippen LogP contribution in [0.25, 0.3) is 0 Å². The first-order valence-electron chi connectivity index (χ1n) is 6.86. The second-order valence-corrected chi connectivity index (χ2v) is 5.63. The monoisotopic (exact) mass is 265 g/mol. The van der Waals surface area contributed by atoms with Crippen LogP contribution in [-0.4, -0.2) is 33.4 Å². The van der Waals surface area contributed by atoms with Gasteiger partial charge in [-0.25, -0.2) is 0 Å². The highest BCUT2D eigenvalue weighted by molar-refractivity contribution is 5.79. The lowest BCUT2D eigenvalue weighted by Gasteiger charge is -2.37. The number of rotatable bonds is 3. The largest absolute Gasteiger partial charge is 0.480 e. The van der Waals surface area contributed by atoms with E-state index in [0.717, 1.165) is 24.2 Å². The molecule has 19 heavy (non-hydrogen) atoms. The van der Waals surface area contributed by atoms with E-state index in [4.69, 9.17) is 0 Å². The fraction of sp³-hybridized carbons (Fsp3) is 0.714. The van der Waals surface area contributed by atoms with Crippen LogP contribution in [0.4, 0.5) is 0 Å². The lowest BCUT2D eigenvalue weighted by molar-refractivity contribution is -0.146. The van der Waals surface area contributed by atoms with Crippen LogP contribution in [0.5, 0.6) is 0 Å². The minimum absolute atomic E-state index is 0.171. The van der Waals surface area contributed by atoms with E-state index in [0.29, 0.717) is 12.8 Å². The molecule has 1 fully saturated rings. The molecule has 0 aromatic carbocycles. The molecule has 5 heteroatoms. The van der Waals surface area contributed by atoms with Crippen molar-refractivity contribution in [2.24, 2.45) is 0 Å². The van der Waals surface area contributed by atoms with Crippen molar-refractivity contribution in [2.75, 3.05) is 7.05 Å². The van der Waals surface area contributed by atoms with Crippen LogP contribution in [0.3, 0.4) is 0 Å². The van der Waals surface area contributed by atoms with Gasteiger partial charge >= 0.3 is 5.97 Å². The van der Waals surface area contributed by atoms with Crippen molar-refractivity contribution >= 4 is 5.97 Å². The minimum Gasteiger partial charge on any atom is -0.480 e. The van der Waals surface area contributed by atoms with Crippen molar-refractivity contribution in [1.29, 1.82) is 0 Å². The lowest BCUT2D eigenvalue weighted by atomic mass is 9.79. The number of aromatic nitrogens is 2. The second kappa shape index (κ2) is 4.96. The molecule has 1 aliphatic rings. The van der Waals surface area contributed by atoms with Crippen molar-refractivity contribution in [1.82, 2.24) is 15.1 Å². The number of nitrogens with one attached hydrogen (secondary N) is 1. The standard InChI is InChI=1S/C14H23N3O2/c1-9-10(2)16-17(11(9)3)12-6-5-7-14(8-12,15-4)13(18)19/h12,15H,5-8H2,1-4H3,(H,18,19). The molecule has 1 heterocycles. The van der Waals surface area contributed by atoms with Gasteiger partial charge in [0.25, 0.3) is 0 Å². The highest BCUT2D eigenvalue weighted by Gasteiger charge is 2.42. The number of carboxylic acids is 1. The summed E-state index contributed by atoms with van der Waals surface area (Å²) in [6.07, 6.45) is 3.20. The van der Waals surface area contributed by atoms with Crippen molar-refractivity contribution in [2.45, 2.75) is 58.0 Å². The topological polar surface area (TPSA) is 67.2 Å². The predicted molar refractivity (Wildman–Crippen MR) is 73.4 cm³/mol. The summed E-state index contributed by atoms with van der Waals surface area (Å²) >= 11 is 0. The van der Waals surface area contributed by atoms with Crippen LogP contribution in [0.2, 0.25) is 0 Å². The van der Waals surface area contributed by atoms with Crippen molar-refractivity contribution in [3.63, 3.8) is 0 Å². The summed E-state index contributed by atoms with van der Waals surface area (Å²) in [5.41, 5.74) is 2.59. The lowest BCUT2D eigenvalue weighted by Crippen LogP contribution is -2.53. The molecule has 0 bridgehead atoms. The fourth-order valence-electron chi connectivity index (χ4n) is 3.08. The summed E-state index contributed by atoms with van der Waals surface area (Å²) in [6, 6.07) is 0.171. The summed E-state index contributed by atoms with van der Waals surface area (Å²) in [4.78, 5) is 11.5. The second-order valence-electron chi connectivity index (χ2n) is 5.63. The third kappa shape index (κ3) is 2.27. The van der Waals surface area contributed by atoms with E-state index in [1.54, 1.807) is 7.05 Å². The van der Waals surface area contributed by atoms with E-state index in [-0.39, 0.29) is 6.04 Å². The third-order valence-electron chi connectivity index (χ3n) is 4.65. The van der Waals surface area contributed by atoms with E-state index in [2.05, 4.69) is 24.3 Å². The zero-order valence-electron chi connectivity index (χ0n) is 12.2. The Morgan fingerprint density at radius 3 is 2.63 bits per heavy atom. The molecule has 106 valence electrons. The van der Waals surface area contributed by atoms with Crippen LogP contribution in [0, 0.1) is 20.8 Å². The van der Waals surface area contributed by atoms with Gasteiger partial charge < -0.3 is 10.4 Å². The number of aliphatic carboxylic acids is 1. The molecule has 1 aromatic rings. The molecule has 5 nitrogen and oxygen atoms in total. The molecule has 0 spiro atoms. The average Bonchev–Trinajstić information content (AvgIpc) is 2.66. The number of aryl methyl sites for hydroxylation is 1. The average molecular weight is 265 g/mol. The first-order chi connectivity index (χ1) is 8.91. The van der Waals surface area contributed by atoms with Gasteiger partial charge in [0.15, 0.2) is 0 Å². The molecular weight excluding hydrogens is 242 g/mol. The fourth-order valence-corrected chi connectivity index (χ4v) is 3.08. The Balaban J connectivity index is 2.31. The van der Waals surface area contributed by atoms with Crippen LogP contribution in [0.1, 0.15) is 48.7 Å². The molecular formula is C14H23N3O2. The molecule has 0 aliphatic heterocycles. The molecule has 1 aliphatic carbocycles. The Morgan fingerprint density at radius 2 is 2.16 bits per heavy atom. The summed E-state index contributed by atoms with van der Waals surface area (Å²) < 4.78 is 2.03. The Hall–Kier alpha value is -1.36. The molecule has 2 N–H and O–H groups in total. The summed E-state index contributed by atoms with van der Waals surface area (Å²) in [7, 11) is 1.74. The number of likely N-dealkylation sites (N-methyl/N-ethyl adjacent to an activating group) is 1. The molecule has 2 rings (SSSR count). The van der Waals surface area contributed by atoms with Crippen LogP contribution >= 0.6 is 0 Å². The minimum atomic E-state index is -0.802. The Bertz CT molecular complexity index is 495. The van der Waals surface area contributed by atoms with Gasteiger partial charge in [0, 0.05) is 5.69 Å². The maximum absolute atomic E-state index is 11.5. The Labute approximate surface area is 114 Å². The van der Waals surface area contributed by atoms with E-state index >= 15 is 0 Å². The zero-order valence-corrected chi connectivity index (χ0v) is 12.2. The van der Waals surface area contributed by atoms with Gasteiger partial charge in [-0.2, -0.15) is 5.10 Å². The van der Waals surface area contributed by atoms with Gasteiger partial charge in [0.2, 0.25) is 0 Å². The first kappa shape index (κ1) is 14.1. The van der Waals surface area contributed by atoms with E-state index in [9.17, 15) is 9.90 Å². The SMILES string of the molecule is CNC1(C(=O)O)CCCC(n2nc(C)c(C)c2C)C1. The normalized spacial score (nSPS) is 27.5. The van der Waals surface area contributed by atoms with Gasteiger partial charge in [-0.1, -0.05) is 0 Å². The van der Waals surface area contributed by atoms with Gasteiger partial charge in [-0.3, -0.25) is 9.48 Å². The molecule has 2 unspecified atom stereocenters. The summed E-state index contributed by atoms with van der Waals surface area (Å²) in [6.45, 7) is 6.13. The third-order valence-corrected chi connectivity index (χ3v) is 4.65. The molecule has 0 radical (unpaired) electrons. The van der Waals surface area contributed by atoms with Crippen molar-refractivity contribution in [3.8, 4) is 0 Å². The maximum atomic E-state index is 11.5. The number of hydrogen-bond acceptors (Lipinski definition) is 3. The van der Waals surface area contributed by atoms with E-state index in [1.165, 1.54) is 5.56 Å². The van der Waals surface area contributed by atoms with E-state index < -0.39 is 11.5 Å². The summed E-state index contributed by atoms with van der Waals surface area (Å²) in [5, 5.41) is 17.1. The Kier molecular flexibility index (Phi) is 3.67. The molecule has 0 amide bonds. The number of carbonyl (C=O) groups is 1. The van der Waals surface area contributed by atoms with Crippen molar-refractivity contribution in [3.05, 3.63) is 17.0 Å². The van der Waals surface area contributed by atoms with Crippen molar-refractivity contribution < 1.29 is 9.90 Å². The van der Waals surface area contributed by atoms with Gasteiger partial charge in [0.1, 0.15) is 5.54 Å². The van der Waals surface area contributed by atoms with E-state index in [1.807, 2.05) is 11.6 Å². The van der Waals surface area contributed by atoms with Crippen LogP contribution in [-0.2, 0) is 4.79 Å². The zero-order chi connectivity index (χ0) is 14.2. The molecule has 0 saturated heterocycles. The van der Waals surface area contributed by atoms with Crippen LogP contribution < -0.4 is 5.32 Å². The predicted octanol–water partition coefficient (Wildman–Crippen LogP) is 1.97. The quantitative estimate of drug-likeness (QED) is 0.876. The maximum Gasteiger partial charge on any atom is 0.323 e. The number of carboxylic acid groups (broad SMARTS) is 1. The molecule has 2 atom stereocenters. The van der Waals surface area contributed by atoms with Gasteiger partial charge in [0.05, 0.1) is 11.7 Å². The smallest absolute Gasteiger partial charge is 0.323 e. The molecule has 1 saturated carbocycles. The van der Waals surface area contributed by atoms with Crippen LogP contribution in [0.15, 0.2) is 0 Å². The Morgan fingerprint density at radius 1 is 1.47 bits per heavy atom. The number of hydrogen-bond donors (Lipinski definition) is 2. The molecule has 1 aromatic heterocycles. The summed E-state index contributed by atoms with van der Waals surface area (Å²) in [5.74, 6) is -0.752. The highest BCUT2D eigenvalue weighted by atomic mass is 16.4. The first-order valence-corrected chi connectivity index (χ1v) is 6.86. The van der Waals surface area contributed by atoms with Gasteiger partial charge in [-0.05, 0) is 59.1 Å². The van der Waals surface area contributed by atoms with Gasteiger partial charge in [-0.15, -0.1) is 0 Å². The number of nitrogens with zero attached hydrogens (tertiary/aromatic N) is 2.